The predicted octanol–water partition coefficient (Wildman–Crippen LogP) is 3.10. The summed E-state index contributed by atoms with van der Waals surface area (Å²) < 4.78 is 10.6. The molecule has 1 fully saturated rings. The van der Waals surface area contributed by atoms with Gasteiger partial charge in [0.25, 0.3) is 5.91 Å². The van der Waals surface area contributed by atoms with Crippen LogP contribution in [0.25, 0.3) is 10.2 Å². The fourth-order valence-electron chi connectivity index (χ4n) is 4.21. The molecule has 0 spiro atoms. The number of nitrogens with one attached hydrogen (secondary N) is 1. The number of para-hydroxylation sites is 1. The van der Waals surface area contributed by atoms with E-state index in [1.807, 2.05) is 13.0 Å². The Kier molecular flexibility index (Phi) is 7.42. The lowest BCUT2D eigenvalue weighted by Crippen LogP contribution is -2.52. The van der Waals surface area contributed by atoms with Crippen LogP contribution in [-0.2, 0) is 11.3 Å². The van der Waals surface area contributed by atoms with E-state index in [9.17, 15) is 4.79 Å². The number of nitrogens with zero attached hydrogens (tertiary/aromatic N) is 4. The van der Waals surface area contributed by atoms with Crippen LogP contribution in [0.1, 0.15) is 28.0 Å². The first-order valence-electron chi connectivity index (χ1n) is 11.2. The summed E-state index contributed by atoms with van der Waals surface area (Å²) >= 11 is 1.37. The number of aryl methyl sites for hydroxylation is 1. The maximum Gasteiger partial charge on any atom is 0.261 e. The standard InChI is InChI=1S/C24H31N5O3S/c1-16(28-10-12-29(13-11-28)18-8-6-5-7-9-18)14-25-22(30)21-17(2)20-23(32-4)26-19(15-31-3)27-24(20)33-21/h5-9,16H,10-15H2,1-4H3,(H,25,30). The van der Waals surface area contributed by atoms with Crippen LogP contribution in [0.15, 0.2) is 30.3 Å². The van der Waals surface area contributed by atoms with Crippen molar-refractivity contribution < 1.29 is 14.3 Å². The highest BCUT2D eigenvalue weighted by Gasteiger charge is 2.24. The monoisotopic (exact) mass is 469 g/mol. The summed E-state index contributed by atoms with van der Waals surface area (Å²) in [5, 5.41) is 3.91. The van der Waals surface area contributed by atoms with Gasteiger partial charge in [-0.05, 0) is 31.5 Å². The van der Waals surface area contributed by atoms with Crippen LogP contribution in [0.4, 0.5) is 5.69 Å². The van der Waals surface area contributed by atoms with Gasteiger partial charge in [-0.15, -0.1) is 11.3 Å². The normalized spacial score (nSPS) is 15.6. The number of ether oxygens (including phenoxy) is 2. The van der Waals surface area contributed by atoms with Gasteiger partial charge in [0.1, 0.15) is 11.4 Å². The molecule has 0 aliphatic carbocycles. The number of carbonyl (C=O) groups is 1. The van der Waals surface area contributed by atoms with Gasteiger partial charge in [-0.25, -0.2) is 4.98 Å². The lowest BCUT2D eigenvalue weighted by molar-refractivity contribution is 0.0938. The summed E-state index contributed by atoms with van der Waals surface area (Å²) in [4.78, 5) is 28.2. The van der Waals surface area contributed by atoms with Crippen molar-refractivity contribution in [3.63, 3.8) is 0 Å². The number of benzene rings is 1. The zero-order valence-corrected chi connectivity index (χ0v) is 20.4. The van der Waals surface area contributed by atoms with Crippen LogP contribution >= 0.6 is 11.3 Å². The third-order valence-electron chi connectivity index (χ3n) is 6.09. The Morgan fingerprint density at radius 1 is 1.15 bits per heavy atom. The lowest BCUT2D eigenvalue weighted by Gasteiger charge is -2.39. The number of thiophene rings is 1. The first-order chi connectivity index (χ1) is 16.0. The number of carbonyl (C=O) groups excluding carboxylic acids is 1. The third-order valence-corrected chi connectivity index (χ3v) is 7.28. The van der Waals surface area contributed by atoms with Crippen LogP contribution in [0, 0.1) is 6.92 Å². The van der Waals surface area contributed by atoms with Gasteiger partial charge >= 0.3 is 0 Å². The summed E-state index contributed by atoms with van der Waals surface area (Å²) in [6.07, 6.45) is 0. The Morgan fingerprint density at radius 3 is 2.55 bits per heavy atom. The molecule has 33 heavy (non-hydrogen) atoms. The molecule has 176 valence electrons. The van der Waals surface area contributed by atoms with Crippen LogP contribution in [-0.4, -0.2) is 73.8 Å². The van der Waals surface area contributed by atoms with Crippen molar-refractivity contribution in [3.05, 3.63) is 46.6 Å². The molecule has 4 rings (SSSR count). The number of hydrogen-bond acceptors (Lipinski definition) is 8. The number of piperazine rings is 1. The van der Waals surface area contributed by atoms with Gasteiger partial charge in [-0.3, -0.25) is 9.69 Å². The largest absolute Gasteiger partial charge is 0.480 e. The fourth-order valence-corrected chi connectivity index (χ4v) is 5.32. The van der Waals surface area contributed by atoms with E-state index in [-0.39, 0.29) is 11.9 Å². The fraction of sp³-hybridized carbons (Fsp3) is 0.458. The maximum atomic E-state index is 13.0. The van der Waals surface area contributed by atoms with Gasteiger partial charge in [0.2, 0.25) is 5.88 Å². The minimum atomic E-state index is -0.0828. The Morgan fingerprint density at radius 2 is 1.88 bits per heavy atom. The van der Waals surface area contributed by atoms with Gasteiger partial charge in [0.15, 0.2) is 5.82 Å². The van der Waals surface area contributed by atoms with E-state index in [2.05, 4.69) is 56.3 Å². The summed E-state index contributed by atoms with van der Waals surface area (Å²) in [5.74, 6) is 0.934. The minimum Gasteiger partial charge on any atom is -0.480 e. The van der Waals surface area contributed by atoms with Crippen LogP contribution < -0.4 is 15.0 Å². The van der Waals surface area contributed by atoms with Gasteiger partial charge < -0.3 is 19.7 Å². The first kappa shape index (κ1) is 23.4. The molecule has 2 aromatic heterocycles. The summed E-state index contributed by atoms with van der Waals surface area (Å²) in [7, 11) is 3.18. The van der Waals surface area contributed by atoms with E-state index in [1.165, 1.54) is 17.0 Å². The van der Waals surface area contributed by atoms with Gasteiger partial charge in [-0.1, -0.05) is 18.2 Å². The van der Waals surface area contributed by atoms with Crippen molar-refractivity contribution in [1.82, 2.24) is 20.2 Å². The molecule has 1 amide bonds. The average molecular weight is 470 g/mol. The Bertz CT molecular complexity index is 1100. The highest BCUT2D eigenvalue weighted by atomic mass is 32.1. The molecule has 9 heteroatoms. The average Bonchev–Trinajstić information content (AvgIpc) is 3.19. The number of anilines is 1. The van der Waals surface area contributed by atoms with Crippen molar-refractivity contribution in [2.24, 2.45) is 0 Å². The summed E-state index contributed by atoms with van der Waals surface area (Å²) in [6, 6.07) is 10.8. The molecule has 8 nitrogen and oxygen atoms in total. The van der Waals surface area contributed by atoms with E-state index in [1.54, 1.807) is 14.2 Å². The molecule has 1 aromatic carbocycles. The van der Waals surface area contributed by atoms with Crippen LogP contribution in [0.3, 0.4) is 0 Å². The molecule has 1 unspecified atom stereocenters. The molecular weight excluding hydrogens is 438 g/mol. The van der Waals surface area contributed by atoms with Gasteiger partial charge in [-0.2, -0.15) is 4.98 Å². The molecule has 1 aliphatic heterocycles. The molecule has 0 saturated carbocycles. The Hall–Kier alpha value is -2.75. The second-order valence-electron chi connectivity index (χ2n) is 8.24. The van der Waals surface area contributed by atoms with Gasteiger partial charge in [0.05, 0.1) is 17.4 Å². The molecule has 1 aliphatic rings. The number of amides is 1. The Balaban J connectivity index is 1.38. The van der Waals surface area contributed by atoms with Crippen molar-refractivity contribution in [1.29, 1.82) is 0 Å². The SMILES string of the molecule is COCc1nc(OC)c2c(C)c(C(=O)NCC(C)N3CCN(c4ccccc4)CC3)sc2n1. The Labute approximate surface area is 198 Å². The minimum absolute atomic E-state index is 0.0828. The number of rotatable bonds is 8. The van der Waals surface area contributed by atoms with Crippen LogP contribution in [0.2, 0.25) is 0 Å². The van der Waals surface area contributed by atoms with Crippen molar-refractivity contribution in [2.75, 3.05) is 51.8 Å². The topological polar surface area (TPSA) is 79.8 Å². The highest BCUT2D eigenvalue weighted by Crippen LogP contribution is 2.35. The molecule has 1 N–H and O–H groups in total. The zero-order valence-electron chi connectivity index (χ0n) is 19.6. The lowest BCUT2D eigenvalue weighted by atomic mass is 10.2. The number of fused-ring (bicyclic) bond motifs is 1. The maximum absolute atomic E-state index is 13.0. The number of methoxy groups -OCH3 is 2. The molecular formula is C24H31N5O3S. The highest BCUT2D eigenvalue weighted by molar-refractivity contribution is 7.20. The first-order valence-corrected chi connectivity index (χ1v) is 12.0. The molecule has 0 bridgehead atoms. The third kappa shape index (κ3) is 5.10. The molecule has 1 saturated heterocycles. The molecule has 3 aromatic rings. The molecule has 3 heterocycles. The van der Waals surface area contributed by atoms with Gasteiger partial charge in [0, 0.05) is 51.6 Å². The second-order valence-corrected chi connectivity index (χ2v) is 9.24. The van der Waals surface area contributed by atoms with E-state index in [0.29, 0.717) is 29.7 Å². The second kappa shape index (κ2) is 10.5. The van der Waals surface area contributed by atoms with E-state index in [0.717, 1.165) is 42.0 Å². The number of hydrogen-bond donors (Lipinski definition) is 1. The van der Waals surface area contributed by atoms with Crippen molar-refractivity contribution >= 4 is 33.1 Å². The number of aromatic nitrogens is 2. The molecule has 0 radical (unpaired) electrons. The summed E-state index contributed by atoms with van der Waals surface area (Å²) in [5.41, 5.74) is 2.11. The summed E-state index contributed by atoms with van der Waals surface area (Å²) in [6.45, 7) is 8.89. The van der Waals surface area contributed by atoms with E-state index >= 15 is 0 Å². The quantitative estimate of drug-likeness (QED) is 0.543. The van der Waals surface area contributed by atoms with Crippen LogP contribution in [0.5, 0.6) is 5.88 Å². The smallest absolute Gasteiger partial charge is 0.261 e. The van der Waals surface area contributed by atoms with E-state index < -0.39 is 0 Å². The van der Waals surface area contributed by atoms with E-state index in [4.69, 9.17) is 9.47 Å². The predicted molar refractivity (Wildman–Crippen MR) is 131 cm³/mol. The van der Waals surface area contributed by atoms with Crippen molar-refractivity contribution in [2.45, 2.75) is 26.5 Å². The zero-order chi connectivity index (χ0) is 23.4. The molecule has 1 atom stereocenters. The van der Waals surface area contributed by atoms with Crippen molar-refractivity contribution in [3.8, 4) is 5.88 Å².